The second kappa shape index (κ2) is 5.23. The lowest BCUT2D eigenvalue weighted by atomic mass is 10.0. The van der Waals surface area contributed by atoms with Crippen molar-refractivity contribution < 1.29 is 5.11 Å². The number of aliphatic hydroxyl groups is 1. The average molecular weight is 214 g/mol. The van der Waals surface area contributed by atoms with E-state index < -0.39 is 0 Å². The second-order valence-corrected chi connectivity index (χ2v) is 4.10. The molecule has 0 spiro atoms. The number of nitrogens with two attached hydrogens (primary N) is 1. The largest absolute Gasteiger partial charge is 0.508 e. The molecule has 3 N–H and O–H groups in total. The van der Waals surface area contributed by atoms with Gasteiger partial charge in [-0.25, -0.2) is 0 Å². The van der Waals surface area contributed by atoms with Crippen LogP contribution in [0, 0.1) is 0 Å². The van der Waals surface area contributed by atoms with Crippen LogP contribution in [0.4, 0.5) is 0 Å². The quantitative estimate of drug-likeness (QED) is 0.741. The van der Waals surface area contributed by atoms with E-state index in [4.69, 9.17) is 17.3 Å². The molecule has 1 aliphatic rings. The lowest BCUT2D eigenvalue weighted by molar-refractivity contribution is 0.415. The Balaban J connectivity index is 2.79. The summed E-state index contributed by atoms with van der Waals surface area (Å²) in [5, 5.41) is 10.4. The molecule has 0 aliphatic heterocycles. The van der Waals surface area contributed by atoms with Crippen LogP contribution < -0.4 is 5.73 Å². The van der Waals surface area contributed by atoms with Crippen molar-refractivity contribution >= 4 is 11.6 Å². The highest BCUT2D eigenvalue weighted by Gasteiger charge is 2.07. The highest BCUT2D eigenvalue weighted by Crippen LogP contribution is 2.21. The summed E-state index contributed by atoms with van der Waals surface area (Å²) < 4.78 is 0. The summed E-state index contributed by atoms with van der Waals surface area (Å²) in [5.74, 6) is 0.278. The van der Waals surface area contributed by atoms with Gasteiger partial charge in [0, 0.05) is 11.1 Å². The van der Waals surface area contributed by atoms with Gasteiger partial charge in [0.2, 0.25) is 0 Å². The molecular formula is C11H16ClNO. The van der Waals surface area contributed by atoms with E-state index in [9.17, 15) is 5.11 Å². The van der Waals surface area contributed by atoms with Crippen molar-refractivity contribution in [1.29, 1.82) is 0 Å². The van der Waals surface area contributed by atoms with E-state index in [0.29, 0.717) is 6.42 Å². The molecule has 0 fully saturated rings. The smallest absolute Gasteiger partial charge is 0.118 e. The predicted octanol–water partition coefficient (Wildman–Crippen LogP) is 3.01. The van der Waals surface area contributed by atoms with Crippen LogP contribution in [0.25, 0.3) is 0 Å². The average Bonchev–Trinajstić information content (AvgIpc) is 2.10. The van der Waals surface area contributed by atoms with Gasteiger partial charge in [0.05, 0.1) is 0 Å². The second-order valence-electron chi connectivity index (χ2n) is 3.61. The van der Waals surface area contributed by atoms with E-state index in [-0.39, 0.29) is 11.8 Å². The zero-order chi connectivity index (χ0) is 10.6. The molecule has 0 amide bonds. The molecule has 3 heteroatoms. The van der Waals surface area contributed by atoms with Crippen LogP contribution in [-0.2, 0) is 0 Å². The van der Waals surface area contributed by atoms with Crippen LogP contribution in [-0.4, -0.2) is 11.1 Å². The molecule has 0 bridgehead atoms. The van der Waals surface area contributed by atoms with E-state index in [0.717, 1.165) is 23.4 Å². The van der Waals surface area contributed by atoms with Crippen molar-refractivity contribution in [3.63, 3.8) is 0 Å². The third-order valence-electron chi connectivity index (χ3n) is 2.07. The maximum atomic E-state index is 9.67. The Morgan fingerprint density at radius 1 is 1.57 bits per heavy atom. The Labute approximate surface area is 89.8 Å². The molecule has 14 heavy (non-hydrogen) atoms. The Morgan fingerprint density at radius 2 is 2.29 bits per heavy atom. The molecule has 0 aromatic rings. The Hall–Kier alpha value is -0.730. The zero-order valence-electron chi connectivity index (χ0n) is 8.33. The Kier molecular flexibility index (Phi) is 4.23. The van der Waals surface area contributed by atoms with Gasteiger partial charge < -0.3 is 10.8 Å². The molecule has 0 aromatic heterocycles. The summed E-state index contributed by atoms with van der Waals surface area (Å²) in [6, 6.07) is 0.0654. The van der Waals surface area contributed by atoms with Crippen LogP contribution in [0.1, 0.15) is 26.2 Å². The third-order valence-corrected chi connectivity index (χ3v) is 2.38. The minimum absolute atomic E-state index is 0.0654. The summed E-state index contributed by atoms with van der Waals surface area (Å²) in [5.41, 5.74) is 6.60. The first-order valence-corrected chi connectivity index (χ1v) is 5.17. The summed E-state index contributed by atoms with van der Waals surface area (Å²) >= 11 is 5.86. The normalized spacial score (nSPS) is 31.2. The minimum atomic E-state index is 0.0654. The molecule has 78 valence electrons. The van der Waals surface area contributed by atoms with Gasteiger partial charge in [0.1, 0.15) is 5.76 Å². The molecule has 0 aromatic carbocycles. The topological polar surface area (TPSA) is 46.2 Å². The number of aliphatic hydroxyl groups excluding tert-OH is 1. The van der Waals surface area contributed by atoms with Gasteiger partial charge >= 0.3 is 0 Å². The molecule has 1 unspecified atom stereocenters. The Bertz CT molecular complexity index is 290. The number of hydrogen-bond donors (Lipinski definition) is 2. The summed E-state index contributed by atoms with van der Waals surface area (Å²) in [4.78, 5) is 0. The van der Waals surface area contributed by atoms with E-state index >= 15 is 0 Å². The third kappa shape index (κ3) is 3.56. The molecule has 2 nitrogen and oxygen atoms in total. The van der Waals surface area contributed by atoms with E-state index in [1.165, 1.54) is 0 Å². The first kappa shape index (κ1) is 11.3. The molecule has 1 atom stereocenters. The van der Waals surface area contributed by atoms with Crippen LogP contribution >= 0.6 is 11.6 Å². The molecule has 0 saturated heterocycles. The van der Waals surface area contributed by atoms with E-state index in [1.54, 1.807) is 12.2 Å². The fourth-order valence-corrected chi connectivity index (χ4v) is 1.56. The Morgan fingerprint density at radius 3 is 2.93 bits per heavy atom. The summed E-state index contributed by atoms with van der Waals surface area (Å²) in [6.45, 7) is 1.93. The lowest BCUT2D eigenvalue weighted by Crippen LogP contribution is -2.16. The molecule has 0 saturated carbocycles. The number of halogens is 1. The molecule has 1 rings (SSSR count). The molecular weight excluding hydrogens is 198 g/mol. The SMILES string of the molecule is CC(N)CC1=C/CC/C(Cl)=C/C=C\1O. The van der Waals surface area contributed by atoms with Gasteiger partial charge in [-0.3, -0.25) is 0 Å². The maximum absolute atomic E-state index is 9.67. The number of hydrogen-bond acceptors (Lipinski definition) is 2. The van der Waals surface area contributed by atoms with Crippen molar-refractivity contribution in [2.24, 2.45) is 5.73 Å². The zero-order valence-corrected chi connectivity index (χ0v) is 9.09. The lowest BCUT2D eigenvalue weighted by Gasteiger charge is -2.11. The van der Waals surface area contributed by atoms with Crippen molar-refractivity contribution in [2.75, 3.05) is 0 Å². The summed E-state index contributed by atoms with van der Waals surface area (Å²) in [7, 11) is 0. The molecule has 1 aliphatic carbocycles. The molecule has 0 heterocycles. The van der Waals surface area contributed by atoms with Crippen LogP contribution in [0.3, 0.4) is 0 Å². The number of rotatable bonds is 2. The predicted molar refractivity (Wildman–Crippen MR) is 60.2 cm³/mol. The number of allylic oxidation sites excluding steroid dienone is 5. The van der Waals surface area contributed by atoms with Crippen LogP contribution in [0.5, 0.6) is 0 Å². The van der Waals surface area contributed by atoms with Gasteiger partial charge in [-0.05, 0) is 43.9 Å². The fraction of sp³-hybridized carbons (Fsp3) is 0.455. The highest BCUT2D eigenvalue weighted by atomic mass is 35.5. The molecule has 0 radical (unpaired) electrons. The minimum Gasteiger partial charge on any atom is -0.508 e. The van der Waals surface area contributed by atoms with Crippen molar-refractivity contribution in [1.82, 2.24) is 0 Å². The van der Waals surface area contributed by atoms with Crippen molar-refractivity contribution in [3.8, 4) is 0 Å². The standard InChI is InChI=1S/C11H16ClNO/c1-8(13)7-9-3-2-4-10(12)5-6-11(9)14/h3,5-6,8,14H,2,4,7,13H2,1H3/b9-3-,10-5-,11-6+. The van der Waals surface area contributed by atoms with Crippen molar-refractivity contribution in [2.45, 2.75) is 32.2 Å². The maximum Gasteiger partial charge on any atom is 0.118 e. The van der Waals surface area contributed by atoms with Gasteiger partial charge in [-0.2, -0.15) is 0 Å². The van der Waals surface area contributed by atoms with E-state index in [2.05, 4.69) is 0 Å². The van der Waals surface area contributed by atoms with Crippen LogP contribution in [0.2, 0.25) is 0 Å². The van der Waals surface area contributed by atoms with Gasteiger partial charge in [0.25, 0.3) is 0 Å². The van der Waals surface area contributed by atoms with Crippen LogP contribution in [0.15, 0.2) is 34.6 Å². The fourth-order valence-electron chi connectivity index (χ4n) is 1.38. The summed E-state index contributed by atoms with van der Waals surface area (Å²) in [6.07, 6.45) is 7.77. The highest BCUT2D eigenvalue weighted by molar-refractivity contribution is 6.29. The first-order chi connectivity index (χ1) is 6.59. The van der Waals surface area contributed by atoms with Crippen molar-refractivity contribution in [3.05, 3.63) is 34.6 Å². The monoisotopic (exact) mass is 213 g/mol. The first-order valence-electron chi connectivity index (χ1n) is 4.80. The van der Waals surface area contributed by atoms with Gasteiger partial charge in [-0.1, -0.05) is 17.7 Å². The van der Waals surface area contributed by atoms with E-state index in [1.807, 2.05) is 13.0 Å². The van der Waals surface area contributed by atoms with Gasteiger partial charge in [-0.15, -0.1) is 0 Å². The van der Waals surface area contributed by atoms with Gasteiger partial charge in [0.15, 0.2) is 0 Å².